The molecule has 0 aromatic rings. The summed E-state index contributed by atoms with van der Waals surface area (Å²) in [6.07, 6.45) is 7.89. The van der Waals surface area contributed by atoms with E-state index in [4.69, 9.17) is 14.2 Å². The molecule has 3 heteroatoms. The summed E-state index contributed by atoms with van der Waals surface area (Å²) in [6, 6.07) is 0. The lowest BCUT2D eigenvalue weighted by Gasteiger charge is -2.43. The third-order valence-corrected chi connectivity index (χ3v) is 7.35. The van der Waals surface area contributed by atoms with Crippen LogP contribution in [0.25, 0.3) is 0 Å². The monoisotopic (exact) mass is 234 g/mol. The predicted octanol–water partition coefficient (Wildman–Crippen LogP) is 1.65. The Morgan fingerprint density at radius 1 is 0.529 bits per heavy atom. The Bertz CT molecular complexity index is 380. The van der Waals surface area contributed by atoms with Crippen LogP contribution in [-0.2, 0) is 14.2 Å². The average molecular weight is 234 g/mol. The molecule has 3 spiro atoms. The fourth-order valence-corrected chi connectivity index (χ4v) is 6.86. The second-order valence-electron chi connectivity index (χ2n) is 7.38. The molecule has 6 rings (SSSR count). The summed E-state index contributed by atoms with van der Waals surface area (Å²) in [5, 5.41) is 0. The molecular weight excluding hydrogens is 216 g/mol. The van der Waals surface area contributed by atoms with Gasteiger partial charge in [0.05, 0.1) is 25.2 Å². The van der Waals surface area contributed by atoms with Crippen LogP contribution >= 0.6 is 0 Å². The Kier molecular flexibility index (Phi) is 1.05. The van der Waals surface area contributed by atoms with Gasteiger partial charge in [0, 0.05) is 0 Å². The molecular formula is C14H18O3. The summed E-state index contributed by atoms with van der Waals surface area (Å²) >= 11 is 0. The second-order valence-corrected chi connectivity index (χ2v) is 7.38. The van der Waals surface area contributed by atoms with Crippen molar-refractivity contribution >= 4 is 0 Å². The molecule has 0 unspecified atom stereocenters. The first kappa shape index (κ1) is 8.89. The van der Waals surface area contributed by atoms with Gasteiger partial charge in [-0.05, 0) is 43.9 Å². The average Bonchev–Trinajstić information content (AvgIpc) is 3.18. The van der Waals surface area contributed by atoms with Crippen LogP contribution in [0.4, 0.5) is 0 Å². The second kappa shape index (κ2) is 2.00. The molecule has 0 aromatic heterocycles. The van der Waals surface area contributed by atoms with Gasteiger partial charge in [-0.15, -0.1) is 0 Å². The van der Waals surface area contributed by atoms with Gasteiger partial charge in [-0.1, -0.05) is 0 Å². The lowest BCUT2D eigenvalue weighted by Crippen LogP contribution is -2.56. The quantitative estimate of drug-likeness (QED) is 0.598. The normalized spacial score (nSPS) is 73.4. The van der Waals surface area contributed by atoms with Gasteiger partial charge in [0.2, 0.25) is 0 Å². The van der Waals surface area contributed by atoms with Crippen molar-refractivity contribution in [1.82, 2.24) is 0 Å². The number of epoxide rings is 3. The highest BCUT2D eigenvalue weighted by Crippen LogP contribution is 2.88. The zero-order valence-corrected chi connectivity index (χ0v) is 10.1. The molecule has 0 N–H and O–H groups in total. The first-order valence-electron chi connectivity index (χ1n) is 7.16. The topological polar surface area (TPSA) is 37.6 Å². The standard InChI is InChI=1S/C14H18O3/c1-4-11(7-15-11)14-10(1,2-5-12(14)8-16-12)3-6-13(14)9-17-13/h1-9H2/t10?,11-,12-,13-,14?/m0/s1. The van der Waals surface area contributed by atoms with Crippen molar-refractivity contribution < 1.29 is 14.2 Å². The van der Waals surface area contributed by atoms with Crippen LogP contribution in [0.1, 0.15) is 38.5 Å². The van der Waals surface area contributed by atoms with Gasteiger partial charge in [-0.3, -0.25) is 0 Å². The van der Waals surface area contributed by atoms with Crippen molar-refractivity contribution in [2.45, 2.75) is 55.3 Å². The Morgan fingerprint density at radius 2 is 0.882 bits per heavy atom. The summed E-state index contributed by atoms with van der Waals surface area (Å²) in [6.45, 7) is 2.93. The molecule has 3 heterocycles. The largest absolute Gasteiger partial charge is 0.369 e. The number of rotatable bonds is 0. The van der Waals surface area contributed by atoms with Crippen molar-refractivity contribution in [1.29, 1.82) is 0 Å². The Morgan fingerprint density at radius 3 is 1.18 bits per heavy atom. The lowest BCUT2D eigenvalue weighted by atomic mass is 9.58. The van der Waals surface area contributed by atoms with Crippen molar-refractivity contribution in [2.24, 2.45) is 10.8 Å². The zero-order chi connectivity index (χ0) is 11.0. The van der Waals surface area contributed by atoms with Crippen LogP contribution in [0.3, 0.4) is 0 Å². The molecule has 3 saturated carbocycles. The van der Waals surface area contributed by atoms with E-state index < -0.39 is 0 Å². The van der Waals surface area contributed by atoms with E-state index in [9.17, 15) is 0 Å². The van der Waals surface area contributed by atoms with Crippen molar-refractivity contribution in [3.8, 4) is 0 Å². The van der Waals surface area contributed by atoms with E-state index >= 15 is 0 Å². The minimum absolute atomic E-state index is 0.160. The maximum atomic E-state index is 6.06. The molecule has 0 amide bonds. The summed E-state index contributed by atoms with van der Waals surface area (Å²) < 4.78 is 18.2. The smallest absolute Gasteiger partial charge is 0.103 e. The van der Waals surface area contributed by atoms with Gasteiger partial charge in [0.25, 0.3) is 0 Å². The Hall–Kier alpha value is -0.120. The lowest BCUT2D eigenvalue weighted by molar-refractivity contribution is -0.0453. The van der Waals surface area contributed by atoms with E-state index in [1.54, 1.807) is 0 Å². The molecule has 0 aromatic carbocycles. The maximum Gasteiger partial charge on any atom is 0.103 e. The molecule has 3 aliphatic carbocycles. The van der Waals surface area contributed by atoms with E-state index in [2.05, 4.69) is 0 Å². The van der Waals surface area contributed by atoms with Gasteiger partial charge in [-0.25, -0.2) is 0 Å². The molecule has 6 aliphatic rings. The van der Waals surface area contributed by atoms with Crippen LogP contribution in [0, 0.1) is 10.8 Å². The molecule has 3 nitrogen and oxygen atoms in total. The maximum absolute atomic E-state index is 6.06. The van der Waals surface area contributed by atoms with E-state index in [0.29, 0.717) is 5.41 Å². The third kappa shape index (κ3) is 0.592. The van der Waals surface area contributed by atoms with Crippen LogP contribution in [0.2, 0.25) is 0 Å². The number of hydrogen-bond donors (Lipinski definition) is 0. The molecule has 17 heavy (non-hydrogen) atoms. The minimum atomic E-state index is 0.160. The van der Waals surface area contributed by atoms with E-state index in [-0.39, 0.29) is 22.2 Å². The summed E-state index contributed by atoms with van der Waals surface area (Å²) in [5.41, 5.74) is 1.24. The zero-order valence-electron chi connectivity index (χ0n) is 10.1. The predicted molar refractivity (Wildman–Crippen MR) is 58.6 cm³/mol. The third-order valence-electron chi connectivity index (χ3n) is 7.35. The molecule has 3 saturated heterocycles. The molecule has 3 atom stereocenters. The van der Waals surface area contributed by atoms with Gasteiger partial charge in [0.1, 0.15) is 16.8 Å². The SMILES string of the molecule is C1C[C@]2(CO2)C23C1(CC[C@]21CO1)CC[C@]31CO1. The first-order chi connectivity index (χ1) is 8.24. The Balaban J connectivity index is 1.72. The van der Waals surface area contributed by atoms with Gasteiger partial charge in [-0.2, -0.15) is 0 Å². The van der Waals surface area contributed by atoms with Crippen molar-refractivity contribution in [3.05, 3.63) is 0 Å². The summed E-state index contributed by atoms with van der Waals surface area (Å²) in [5.74, 6) is 0. The molecule has 0 radical (unpaired) electrons. The summed E-state index contributed by atoms with van der Waals surface area (Å²) in [4.78, 5) is 0. The van der Waals surface area contributed by atoms with E-state index in [1.807, 2.05) is 0 Å². The Labute approximate surface area is 101 Å². The molecule has 92 valence electrons. The van der Waals surface area contributed by atoms with E-state index in [1.165, 1.54) is 38.5 Å². The fourth-order valence-electron chi connectivity index (χ4n) is 6.86. The first-order valence-corrected chi connectivity index (χ1v) is 7.16. The van der Waals surface area contributed by atoms with Gasteiger partial charge in [0.15, 0.2) is 0 Å². The van der Waals surface area contributed by atoms with Crippen LogP contribution in [-0.4, -0.2) is 36.6 Å². The number of ether oxygens (including phenoxy) is 3. The van der Waals surface area contributed by atoms with Crippen LogP contribution in [0.5, 0.6) is 0 Å². The minimum Gasteiger partial charge on any atom is -0.369 e. The molecule has 0 bridgehead atoms. The molecule has 6 fully saturated rings. The van der Waals surface area contributed by atoms with Crippen molar-refractivity contribution in [3.63, 3.8) is 0 Å². The fraction of sp³-hybridized carbons (Fsp3) is 1.00. The number of hydrogen-bond acceptors (Lipinski definition) is 3. The van der Waals surface area contributed by atoms with Gasteiger partial charge < -0.3 is 14.2 Å². The van der Waals surface area contributed by atoms with E-state index in [0.717, 1.165) is 19.8 Å². The van der Waals surface area contributed by atoms with Crippen LogP contribution < -0.4 is 0 Å². The van der Waals surface area contributed by atoms with Gasteiger partial charge >= 0.3 is 0 Å². The highest BCUT2D eigenvalue weighted by Gasteiger charge is 2.96. The summed E-state index contributed by atoms with van der Waals surface area (Å²) in [7, 11) is 0. The molecule has 3 aliphatic heterocycles. The highest BCUT2D eigenvalue weighted by molar-refractivity contribution is 5.43. The highest BCUT2D eigenvalue weighted by atomic mass is 16.6. The van der Waals surface area contributed by atoms with Crippen LogP contribution in [0.15, 0.2) is 0 Å². The van der Waals surface area contributed by atoms with Crippen molar-refractivity contribution in [2.75, 3.05) is 19.8 Å².